The highest BCUT2D eigenvalue weighted by Gasteiger charge is 2.16. The SMILES string of the molecule is O=C(Nc1ccc2ccccc2c1)c1cc([N+](=O)[O-])c[nH]c1=O. The third-order valence-electron chi connectivity index (χ3n) is 3.35. The molecule has 0 aliphatic rings. The highest BCUT2D eigenvalue weighted by atomic mass is 16.6. The van der Waals surface area contributed by atoms with Crippen molar-refractivity contribution in [3.8, 4) is 0 Å². The van der Waals surface area contributed by atoms with Gasteiger partial charge in [-0.15, -0.1) is 0 Å². The molecule has 0 unspecified atom stereocenters. The first-order valence-electron chi connectivity index (χ1n) is 6.72. The molecule has 3 rings (SSSR count). The van der Waals surface area contributed by atoms with E-state index in [1.165, 1.54) is 0 Å². The summed E-state index contributed by atoms with van der Waals surface area (Å²) in [5.41, 5.74) is -0.853. The molecule has 23 heavy (non-hydrogen) atoms. The minimum atomic E-state index is -0.703. The van der Waals surface area contributed by atoms with Gasteiger partial charge in [-0.3, -0.25) is 19.7 Å². The quantitative estimate of drug-likeness (QED) is 0.573. The van der Waals surface area contributed by atoms with Crippen molar-refractivity contribution in [2.45, 2.75) is 0 Å². The molecule has 1 heterocycles. The summed E-state index contributed by atoms with van der Waals surface area (Å²) in [6.45, 7) is 0. The zero-order chi connectivity index (χ0) is 16.4. The summed E-state index contributed by atoms with van der Waals surface area (Å²) in [5, 5.41) is 15.3. The number of pyridine rings is 1. The van der Waals surface area contributed by atoms with Gasteiger partial charge in [-0.1, -0.05) is 30.3 Å². The Morgan fingerprint density at radius 3 is 2.57 bits per heavy atom. The molecule has 0 atom stereocenters. The van der Waals surface area contributed by atoms with E-state index < -0.39 is 16.4 Å². The summed E-state index contributed by atoms with van der Waals surface area (Å²) >= 11 is 0. The Labute approximate surface area is 129 Å². The lowest BCUT2D eigenvalue weighted by molar-refractivity contribution is -0.385. The van der Waals surface area contributed by atoms with Crippen LogP contribution in [0.15, 0.2) is 59.5 Å². The van der Waals surface area contributed by atoms with Gasteiger partial charge in [-0.05, 0) is 22.9 Å². The number of hydrogen-bond donors (Lipinski definition) is 2. The molecule has 114 valence electrons. The van der Waals surface area contributed by atoms with Gasteiger partial charge in [0.05, 0.1) is 11.1 Å². The van der Waals surface area contributed by atoms with Crippen LogP contribution in [0.1, 0.15) is 10.4 Å². The van der Waals surface area contributed by atoms with Crippen LogP contribution in [-0.2, 0) is 0 Å². The number of nitrogens with one attached hydrogen (secondary N) is 2. The summed E-state index contributed by atoms with van der Waals surface area (Å²) in [6, 6.07) is 13.9. The number of rotatable bonds is 3. The third kappa shape index (κ3) is 2.93. The van der Waals surface area contributed by atoms with Crippen LogP contribution in [0, 0.1) is 10.1 Å². The van der Waals surface area contributed by atoms with Crippen molar-refractivity contribution in [3.63, 3.8) is 0 Å². The molecule has 0 fully saturated rings. The summed E-state index contributed by atoms with van der Waals surface area (Å²) in [5.74, 6) is -0.703. The Hall–Kier alpha value is -3.48. The van der Waals surface area contributed by atoms with Crippen LogP contribution in [0.3, 0.4) is 0 Å². The first-order valence-corrected chi connectivity index (χ1v) is 6.72. The Balaban J connectivity index is 1.92. The van der Waals surface area contributed by atoms with Gasteiger partial charge in [-0.2, -0.15) is 0 Å². The Morgan fingerprint density at radius 1 is 1.09 bits per heavy atom. The molecule has 7 nitrogen and oxygen atoms in total. The van der Waals surface area contributed by atoms with Crippen molar-refractivity contribution in [2.24, 2.45) is 0 Å². The van der Waals surface area contributed by atoms with E-state index in [9.17, 15) is 19.7 Å². The number of nitro groups is 1. The van der Waals surface area contributed by atoms with Crippen molar-refractivity contribution in [1.82, 2.24) is 4.98 Å². The number of fused-ring (bicyclic) bond motifs is 1. The smallest absolute Gasteiger partial charge is 0.286 e. The van der Waals surface area contributed by atoms with Crippen molar-refractivity contribution in [3.05, 3.63) is 80.8 Å². The lowest BCUT2D eigenvalue weighted by Crippen LogP contribution is -2.23. The van der Waals surface area contributed by atoms with E-state index in [0.717, 1.165) is 23.0 Å². The number of benzene rings is 2. The summed E-state index contributed by atoms with van der Waals surface area (Å²) < 4.78 is 0. The zero-order valence-corrected chi connectivity index (χ0v) is 11.8. The van der Waals surface area contributed by atoms with E-state index in [4.69, 9.17) is 0 Å². The molecule has 0 saturated carbocycles. The summed E-state index contributed by atoms with van der Waals surface area (Å²) in [7, 11) is 0. The summed E-state index contributed by atoms with van der Waals surface area (Å²) in [4.78, 5) is 36.1. The molecule has 0 aliphatic carbocycles. The molecule has 2 N–H and O–H groups in total. The van der Waals surface area contributed by atoms with Gasteiger partial charge in [-0.25, -0.2) is 0 Å². The molecule has 7 heteroatoms. The lowest BCUT2D eigenvalue weighted by Gasteiger charge is -2.06. The number of hydrogen-bond acceptors (Lipinski definition) is 4. The molecular weight excluding hydrogens is 298 g/mol. The third-order valence-corrected chi connectivity index (χ3v) is 3.35. The van der Waals surface area contributed by atoms with Gasteiger partial charge < -0.3 is 10.3 Å². The van der Waals surface area contributed by atoms with Crippen LogP contribution < -0.4 is 10.9 Å². The summed E-state index contributed by atoms with van der Waals surface area (Å²) in [6.07, 6.45) is 0.954. The molecule has 0 bridgehead atoms. The molecule has 1 aromatic heterocycles. The van der Waals surface area contributed by atoms with E-state index in [0.29, 0.717) is 5.69 Å². The maximum Gasteiger partial charge on any atom is 0.286 e. The van der Waals surface area contributed by atoms with E-state index in [1.54, 1.807) is 12.1 Å². The number of amides is 1. The van der Waals surface area contributed by atoms with E-state index in [-0.39, 0.29) is 11.3 Å². The normalized spacial score (nSPS) is 10.4. The number of nitrogens with zero attached hydrogens (tertiary/aromatic N) is 1. The minimum Gasteiger partial charge on any atom is -0.322 e. The fraction of sp³-hybridized carbons (Fsp3) is 0. The standard InChI is InChI=1S/C16H11N3O4/c20-15-14(8-13(9-17-15)19(22)23)16(21)18-12-6-5-10-3-1-2-4-11(10)7-12/h1-9H,(H,17,20)(H,18,21). The maximum absolute atomic E-state index is 12.2. The molecule has 0 aliphatic heterocycles. The topological polar surface area (TPSA) is 105 Å². The second kappa shape index (κ2) is 5.72. The van der Waals surface area contributed by atoms with Crippen LogP contribution in [-0.4, -0.2) is 15.8 Å². The van der Waals surface area contributed by atoms with Gasteiger partial charge in [0.25, 0.3) is 17.2 Å². The van der Waals surface area contributed by atoms with Crippen molar-refractivity contribution >= 4 is 28.1 Å². The van der Waals surface area contributed by atoms with Gasteiger partial charge in [0.15, 0.2) is 0 Å². The second-order valence-electron chi connectivity index (χ2n) is 4.87. The number of carbonyl (C=O) groups is 1. The zero-order valence-electron chi connectivity index (χ0n) is 11.8. The number of aromatic nitrogens is 1. The fourth-order valence-corrected chi connectivity index (χ4v) is 2.21. The largest absolute Gasteiger partial charge is 0.322 e. The van der Waals surface area contributed by atoms with Gasteiger partial charge in [0.2, 0.25) is 0 Å². The molecular formula is C16H11N3O4. The molecule has 0 spiro atoms. The van der Waals surface area contributed by atoms with Crippen LogP contribution >= 0.6 is 0 Å². The van der Waals surface area contributed by atoms with Crippen LogP contribution in [0.2, 0.25) is 0 Å². The van der Waals surface area contributed by atoms with Crippen molar-refractivity contribution in [1.29, 1.82) is 0 Å². The molecule has 1 amide bonds. The number of aromatic amines is 1. The minimum absolute atomic E-state index is 0.313. The first kappa shape index (κ1) is 14.5. The lowest BCUT2D eigenvalue weighted by atomic mass is 10.1. The van der Waals surface area contributed by atoms with Crippen LogP contribution in [0.5, 0.6) is 0 Å². The van der Waals surface area contributed by atoms with E-state index in [2.05, 4.69) is 10.3 Å². The maximum atomic E-state index is 12.2. The number of carbonyl (C=O) groups excluding carboxylic acids is 1. The molecule has 0 saturated heterocycles. The molecule has 2 aromatic carbocycles. The predicted octanol–water partition coefficient (Wildman–Crippen LogP) is 2.69. The number of H-pyrrole nitrogens is 1. The Kier molecular flexibility index (Phi) is 3.60. The second-order valence-corrected chi connectivity index (χ2v) is 4.87. The highest BCUT2D eigenvalue weighted by molar-refractivity contribution is 6.05. The van der Waals surface area contributed by atoms with Gasteiger partial charge in [0, 0.05) is 11.8 Å². The Bertz CT molecular complexity index is 978. The van der Waals surface area contributed by atoms with Crippen LogP contribution in [0.4, 0.5) is 11.4 Å². The van der Waals surface area contributed by atoms with E-state index >= 15 is 0 Å². The highest BCUT2D eigenvalue weighted by Crippen LogP contribution is 2.19. The average molecular weight is 309 g/mol. The Morgan fingerprint density at radius 2 is 1.83 bits per heavy atom. The van der Waals surface area contributed by atoms with E-state index in [1.807, 2.05) is 30.3 Å². The number of anilines is 1. The molecule has 3 aromatic rings. The van der Waals surface area contributed by atoms with Crippen molar-refractivity contribution in [2.75, 3.05) is 5.32 Å². The molecule has 0 radical (unpaired) electrons. The fourth-order valence-electron chi connectivity index (χ4n) is 2.21. The predicted molar refractivity (Wildman–Crippen MR) is 85.6 cm³/mol. The van der Waals surface area contributed by atoms with Gasteiger partial charge >= 0.3 is 0 Å². The van der Waals surface area contributed by atoms with Crippen molar-refractivity contribution < 1.29 is 9.72 Å². The monoisotopic (exact) mass is 309 g/mol. The first-order chi connectivity index (χ1) is 11.0. The van der Waals surface area contributed by atoms with Gasteiger partial charge in [0.1, 0.15) is 5.56 Å². The van der Waals surface area contributed by atoms with Crippen LogP contribution in [0.25, 0.3) is 10.8 Å². The average Bonchev–Trinajstić information content (AvgIpc) is 2.54.